The number of rotatable bonds is 7. The van der Waals surface area contributed by atoms with Gasteiger partial charge in [0.1, 0.15) is 0 Å². The van der Waals surface area contributed by atoms with Crippen LogP contribution in [0.3, 0.4) is 0 Å². The normalized spacial score (nSPS) is 10.7. The Morgan fingerprint density at radius 1 is 1.14 bits per heavy atom. The zero-order valence-electron chi connectivity index (χ0n) is 11.9. The van der Waals surface area contributed by atoms with E-state index in [1.54, 1.807) is 6.07 Å². The molecule has 1 amide bonds. The number of nitrogens with one attached hydrogen (secondary N) is 2. The van der Waals surface area contributed by atoms with Gasteiger partial charge in [-0.1, -0.05) is 31.0 Å². The molecule has 112 valence electrons. The highest BCUT2D eigenvalue weighted by atomic mass is 16.2. The first-order chi connectivity index (χ1) is 10.2. The van der Waals surface area contributed by atoms with Crippen molar-refractivity contribution in [3.63, 3.8) is 0 Å². The average molecular weight is 288 g/mol. The van der Waals surface area contributed by atoms with E-state index in [1.807, 2.05) is 18.2 Å². The van der Waals surface area contributed by atoms with Gasteiger partial charge in [0.2, 0.25) is 5.56 Å². The summed E-state index contributed by atoms with van der Waals surface area (Å²) in [5, 5.41) is 12.3. The molecule has 0 radical (unpaired) electrons. The lowest BCUT2D eigenvalue weighted by atomic mass is 10.1. The fraction of sp³-hybridized carbons (Fsp3) is 0.375. The van der Waals surface area contributed by atoms with Crippen LogP contribution in [0, 0.1) is 0 Å². The molecule has 0 saturated heterocycles. The summed E-state index contributed by atoms with van der Waals surface area (Å²) in [5.41, 5.74) is 0.796. The molecule has 0 bridgehead atoms. The third-order valence-corrected chi connectivity index (χ3v) is 3.37. The van der Waals surface area contributed by atoms with Crippen LogP contribution in [0.5, 0.6) is 0 Å². The summed E-state index contributed by atoms with van der Waals surface area (Å²) in [6, 6.07) is 8.60. The molecule has 1 heterocycles. The molecule has 0 aliphatic rings. The summed E-state index contributed by atoms with van der Waals surface area (Å²) in [4.78, 5) is 26.5. The van der Waals surface area contributed by atoms with Gasteiger partial charge >= 0.3 is 0 Å². The number of fused-ring (bicyclic) bond motifs is 1. The minimum Gasteiger partial charge on any atom is -0.396 e. The third-order valence-electron chi connectivity index (χ3n) is 3.37. The van der Waals surface area contributed by atoms with E-state index in [0.717, 1.165) is 31.1 Å². The molecule has 0 fully saturated rings. The number of amides is 1. The van der Waals surface area contributed by atoms with Crippen molar-refractivity contribution >= 4 is 16.8 Å². The molecule has 0 unspecified atom stereocenters. The maximum atomic E-state index is 12.2. The van der Waals surface area contributed by atoms with Crippen LogP contribution in [0.15, 0.2) is 35.1 Å². The lowest BCUT2D eigenvalue weighted by Gasteiger charge is -2.07. The lowest BCUT2D eigenvalue weighted by molar-refractivity contribution is 0.0954. The Labute approximate surface area is 123 Å². The summed E-state index contributed by atoms with van der Waals surface area (Å²) >= 11 is 0. The predicted molar refractivity (Wildman–Crippen MR) is 82.5 cm³/mol. The van der Waals surface area contributed by atoms with E-state index in [-0.39, 0.29) is 18.1 Å². The number of benzene rings is 1. The molecule has 1 aromatic carbocycles. The number of pyridine rings is 1. The van der Waals surface area contributed by atoms with Crippen molar-refractivity contribution in [3.05, 3.63) is 46.2 Å². The van der Waals surface area contributed by atoms with Gasteiger partial charge in [-0.05, 0) is 18.9 Å². The zero-order valence-corrected chi connectivity index (χ0v) is 11.9. The molecule has 2 rings (SSSR count). The second-order valence-corrected chi connectivity index (χ2v) is 4.99. The second-order valence-electron chi connectivity index (χ2n) is 4.99. The Bertz CT molecular complexity index is 664. The average Bonchev–Trinajstić information content (AvgIpc) is 2.49. The van der Waals surface area contributed by atoms with Crippen molar-refractivity contribution in [1.29, 1.82) is 0 Å². The molecule has 0 aliphatic carbocycles. The van der Waals surface area contributed by atoms with Crippen LogP contribution in [-0.4, -0.2) is 29.1 Å². The Morgan fingerprint density at radius 2 is 1.90 bits per heavy atom. The summed E-state index contributed by atoms with van der Waals surface area (Å²) < 4.78 is 0. The molecule has 1 aromatic heterocycles. The number of hydrogen-bond donors (Lipinski definition) is 3. The van der Waals surface area contributed by atoms with Gasteiger partial charge in [-0.25, -0.2) is 0 Å². The Morgan fingerprint density at radius 3 is 2.71 bits per heavy atom. The molecule has 5 nitrogen and oxygen atoms in total. The smallest absolute Gasteiger partial charge is 0.252 e. The summed E-state index contributed by atoms with van der Waals surface area (Å²) in [7, 11) is 0. The van der Waals surface area contributed by atoms with Gasteiger partial charge in [0, 0.05) is 30.1 Å². The monoisotopic (exact) mass is 288 g/mol. The van der Waals surface area contributed by atoms with Crippen LogP contribution < -0.4 is 10.9 Å². The van der Waals surface area contributed by atoms with Crippen molar-refractivity contribution in [3.8, 4) is 0 Å². The number of aliphatic hydroxyl groups excluding tert-OH is 1. The van der Waals surface area contributed by atoms with Gasteiger partial charge in [0.05, 0.1) is 5.56 Å². The Kier molecular flexibility index (Phi) is 5.51. The van der Waals surface area contributed by atoms with Gasteiger partial charge in [0.15, 0.2) is 0 Å². The molecular weight excluding hydrogens is 268 g/mol. The van der Waals surface area contributed by atoms with E-state index in [2.05, 4.69) is 10.3 Å². The SMILES string of the molecule is O=C(NCCCCCCO)c1cc(=O)[nH]c2ccccc12. The molecule has 0 spiro atoms. The first kappa shape index (κ1) is 15.3. The summed E-state index contributed by atoms with van der Waals surface area (Å²) in [6.07, 6.45) is 3.59. The Balaban J connectivity index is 2.01. The predicted octanol–water partition coefficient (Wildman–Crippen LogP) is 1.81. The fourth-order valence-electron chi connectivity index (χ4n) is 2.28. The van der Waals surface area contributed by atoms with Crippen molar-refractivity contribution in [2.45, 2.75) is 25.7 Å². The van der Waals surface area contributed by atoms with Crippen LogP contribution in [0.25, 0.3) is 10.9 Å². The number of carbonyl (C=O) groups is 1. The number of aromatic amines is 1. The van der Waals surface area contributed by atoms with Gasteiger partial charge in [-0.15, -0.1) is 0 Å². The minimum atomic E-state index is -0.276. The molecule has 0 saturated carbocycles. The quantitative estimate of drug-likeness (QED) is 0.680. The Hall–Kier alpha value is -2.14. The summed E-state index contributed by atoms with van der Waals surface area (Å²) in [6.45, 7) is 0.788. The largest absolute Gasteiger partial charge is 0.396 e. The minimum absolute atomic E-state index is 0.213. The zero-order chi connectivity index (χ0) is 15.1. The van der Waals surface area contributed by atoms with Gasteiger partial charge in [-0.2, -0.15) is 0 Å². The van der Waals surface area contributed by atoms with E-state index >= 15 is 0 Å². The maximum Gasteiger partial charge on any atom is 0.252 e. The van der Waals surface area contributed by atoms with Crippen LogP contribution in [-0.2, 0) is 0 Å². The molecular formula is C16H20N2O3. The molecule has 0 atom stereocenters. The van der Waals surface area contributed by atoms with E-state index in [9.17, 15) is 9.59 Å². The number of aromatic nitrogens is 1. The number of para-hydroxylation sites is 1. The third kappa shape index (κ3) is 4.16. The van der Waals surface area contributed by atoms with E-state index in [4.69, 9.17) is 5.11 Å². The first-order valence-corrected chi connectivity index (χ1v) is 7.23. The first-order valence-electron chi connectivity index (χ1n) is 7.23. The van der Waals surface area contributed by atoms with Crippen molar-refractivity contribution < 1.29 is 9.90 Å². The molecule has 0 aliphatic heterocycles. The van der Waals surface area contributed by atoms with E-state index < -0.39 is 0 Å². The van der Waals surface area contributed by atoms with Crippen molar-refractivity contribution in [2.75, 3.05) is 13.2 Å². The second kappa shape index (κ2) is 7.59. The maximum absolute atomic E-state index is 12.2. The standard InChI is InChI=1S/C16H20N2O3/c19-10-6-2-1-5-9-17-16(21)13-11-15(20)18-14-8-4-3-7-12(13)14/h3-4,7-8,11,19H,1-2,5-6,9-10H2,(H,17,21)(H,18,20). The van der Waals surface area contributed by atoms with Crippen LogP contribution in [0.4, 0.5) is 0 Å². The molecule has 3 N–H and O–H groups in total. The fourth-order valence-corrected chi connectivity index (χ4v) is 2.28. The summed E-state index contributed by atoms with van der Waals surface area (Å²) in [5.74, 6) is -0.223. The highest BCUT2D eigenvalue weighted by Crippen LogP contribution is 2.14. The van der Waals surface area contributed by atoms with Crippen LogP contribution >= 0.6 is 0 Å². The number of carbonyl (C=O) groups excluding carboxylic acids is 1. The van der Waals surface area contributed by atoms with E-state index in [0.29, 0.717) is 17.6 Å². The van der Waals surface area contributed by atoms with Crippen LogP contribution in [0.1, 0.15) is 36.0 Å². The molecule has 21 heavy (non-hydrogen) atoms. The highest BCUT2D eigenvalue weighted by Gasteiger charge is 2.10. The number of aliphatic hydroxyl groups is 1. The molecule has 5 heteroatoms. The lowest BCUT2D eigenvalue weighted by Crippen LogP contribution is -2.26. The van der Waals surface area contributed by atoms with Crippen molar-refractivity contribution in [2.24, 2.45) is 0 Å². The van der Waals surface area contributed by atoms with E-state index in [1.165, 1.54) is 6.07 Å². The van der Waals surface area contributed by atoms with Crippen molar-refractivity contribution in [1.82, 2.24) is 10.3 Å². The molecule has 2 aromatic rings. The van der Waals surface area contributed by atoms with Gasteiger partial charge < -0.3 is 15.4 Å². The number of hydrogen-bond acceptors (Lipinski definition) is 3. The van der Waals surface area contributed by atoms with Gasteiger partial charge in [0.25, 0.3) is 5.91 Å². The van der Waals surface area contributed by atoms with Crippen LogP contribution in [0.2, 0.25) is 0 Å². The number of H-pyrrole nitrogens is 1. The van der Waals surface area contributed by atoms with Gasteiger partial charge in [-0.3, -0.25) is 9.59 Å². The topological polar surface area (TPSA) is 82.2 Å². The number of unbranched alkanes of at least 4 members (excludes halogenated alkanes) is 3. The highest BCUT2D eigenvalue weighted by molar-refractivity contribution is 6.05.